The monoisotopic (exact) mass is 338 g/mol. The molecular formula is C19H34O3Si. The topological polar surface area (TPSA) is 42.6 Å². The highest BCUT2D eigenvalue weighted by molar-refractivity contribution is 6.73. The molecule has 1 heterocycles. The molecule has 0 amide bonds. The molecular weight excluding hydrogens is 304 g/mol. The lowest BCUT2D eigenvalue weighted by molar-refractivity contribution is -0.0621. The molecule has 0 saturated carbocycles. The third-order valence-corrected chi connectivity index (χ3v) is 9.76. The minimum atomic E-state index is -1.75. The van der Waals surface area contributed by atoms with Crippen molar-refractivity contribution >= 4 is 8.32 Å². The Balaban J connectivity index is 2.82. The normalized spacial score (nSPS) is 16.0. The van der Waals surface area contributed by atoms with Gasteiger partial charge >= 0.3 is 0 Å². The summed E-state index contributed by atoms with van der Waals surface area (Å²) in [5, 5.41) is 11.1. The maximum Gasteiger partial charge on any atom is 0.192 e. The molecule has 0 spiro atoms. The van der Waals surface area contributed by atoms with Gasteiger partial charge in [0.15, 0.2) is 8.32 Å². The van der Waals surface area contributed by atoms with E-state index in [2.05, 4.69) is 27.4 Å². The second-order valence-corrected chi connectivity index (χ2v) is 11.4. The SMILES string of the molecule is C=CCC[C@@H](O[Si](CC)(CC)CC)[C@@](C)(O)CCc1ccco1. The van der Waals surface area contributed by atoms with Gasteiger partial charge in [-0.15, -0.1) is 6.58 Å². The van der Waals surface area contributed by atoms with E-state index in [1.54, 1.807) is 6.26 Å². The number of rotatable bonds is 12. The van der Waals surface area contributed by atoms with Gasteiger partial charge < -0.3 is 13.9 Å². The highest BCUT2D eigenvalue weighted by Crippen LogP contribution is 2.31. The average Bonchev–Trinajstić information content (AvgIpc) is 3.07. The molecule has 2 atom stereocenters. The molecule has 0 fully saturated rings. The van der Waals surface area contributed by atoms with E-state index in [0.29, 0.717) is 6.42 Å². The Bertz CT molecular complexity index is 427. The van der Waals surface area contributed by atoms with Crippen LogP contribution in [0.15, 0.2) is 35.5 Å². The van der Waals surface area contributed by atoms with Crippen LogP contribution in [0.1, 0.15) is 52.7 Å². The van der Waals surface area contributed by atoms with Crippen LogP contribution in [0.2, 0.25) is 18.1 Å². The maximum atomic E-state index is 11.1. The molecule has 0 aliphatic heterocycles. The van der Waals surface area contributed by atoms with Gasteiger partial charge in [-0.25, -0.2) is 0 Å². The van der Waals surface area contributed by atoms with E-state index in [4.69, 9.17) is 8.84 Å². The van der Waals surface area contributed by atoms with Gasteiger partial charge in [0.25, 0.3) is 0 Å². The molecule has 0 aromatic carbocycles. The van der Waals surface area contributed by atoms with Gasteiger partial charge in [-0.05, 0) is 56.5 Å². The van der Waals surface area contributed by atoms with Crippen LogP contribution in [0.4, 0.5) is 0 Å². The number of allylic oxidation sites excluding steroid dienone is 1. The largest absolute Gasteiger partial charge is 0.469 e. The third-order valence-electron chi connectivity index (χ3n) is 5.11. The molecule has 0 saturated heterocycles. The van der Waals surface area contributed by atoms with Gasteiger partial charge in [-0.2, -0.15) is 0 Å². The summed E-state index contributed by atoms with van der Waals surface area (Å²) in [6, 6.07) is 7.13. The van der Waals surface area contributed by atoms with Gasteiger partial charge in [0.05, 0.1) is 18.0 Å². The fourth-order valence-electron chi connectivity index (χ4n) is 3.06. The minimum absolute atomic E-state index is 0.137. The second kappa shape index (κ2) is 9.45. The maximum absolute atomic E-state index is 11.1. The Hall–Kier alpha value is -0.843. The zero-order valence-electron chi connectivity index (χ0n) is 15.3. The summed E-state index contributed by atoms with van der Waals surface area (Å²) in [6.45, 7) is 12.4. The Morgan fingerprint density at radius 2 is 2.00 bits per heavy atom. The number of hydrogen-bond donors (Lipinski definition) is 1. The molecule has 1 rings (SSSR count). The lowest BCUT2D eigenvalue weighted by atomic mass is 9.90. The minimum Gasteiger partial charge on any atom is -0.469 e. The van der Waals surface area contributed by atoms with E-state index in [0.717, 1.165) is 43.2 Å². The quantitative estimate of drug-likeness (QED) is 0.414. The first kappa shape index (κ1) is 20.2. The van der Waals surface area contributed by atoms with Crippen LogP contribution in [0.5, 0.6) is 0 Å². The summed E-state index contributed by atoms with van der Waals surface area (Å²) in [6.07, 6.45) is 6.51. The zero-order chi connectivity index (χ0) is 17.3. The summed E-state index contributed by atoms with van der Waals surface area (Å²) >= 11 is 0. The van der Waals surface area contributed by atoms with Crippen molar-refractivity contribution in [2.75, 3.05) is 0 Å². The molecule has 0 aliphatic rings. The van der Waals surface area contributed by atoms with Crippen molar-refractivity contribution in [2.24, 2.45) is 0 Å². The molecule has 132 valence electrons. The molecule has 0 aliphatic carbocycles. The van der Waals surface area contributed by atoms with Crippen molar-refractivity contribution in [3.05, 3.63) is 36.8 Å². The highest BCUT2D eigenvalue weighted by atomic mass is 28.4. The summed E-state index contributed by atoms with van der Waals surface area (Å²) in [4.78, 5) is 0. The summed E-state index contributed by atoms with van der Waals surface area (Å²) in [5.41, 5.74) is -0.854. The second-order valence-electron chi connectivity index (χ2n) is 6.65. The summed E-state index contributed by atoms with van der Waals surface area (Å²) in [5.74, 6) is 0.915. The van der Waals surface area contributed by atoms with Crippen LogP contribution < -0.4 is 0 Å². The van der Waals surface area contributed by atoms with Crippen molar-refractivity contribution in [2.45, 2.75) is 83.2 Å². The molecule has 0 unspecified atom stereocenters. The smallest absolute Gasteiger partial charge is 0.192 e. The summed E-state index contributed by atoms with van der Waals surface area (Å²) < 4.78 is 12.0. The number of aliphatic hydroxyl groups is 1. The number of aryl methyl sites for hydroxylation is 1. The molecule has 0 radical (unpaired) electrons. The number of hydrogen-bond acceptors (Lipinski definition) is 3. The zero-order valence-corrected chi connectivity index (χ0v) is 16.3. The van der Waals surface area contributed by atoms with E-state index in [1.807, 2.05) is 25.1 Å². The van der Waals surface area contributed by atoms with Crippen molar-refractivity contribution in [3.8, 4) is 0 Å². The van der Waals surface area contributed by atoms with E-state index in [1.165, 1.54) is 0 Å². The van der Waals surface area contributed by atoms with E-state index >= 15 is 0 Å². The Labute approximate surface area is 142 Å². The third kappa shape index (κ3) is 5.94. The van der Waals surface area contributed by atoms with E-state index in [9.17, 15) is 5.11 Å². The molecule has 1 N–H and O–H groups in total. The Morgan fingerprint density at radius 3 is 2.48 bits per heavy atom. The molecule has 23 heavy (non-hydrogen) atoms. The Kier molecular flexibility index (Phi) is 8.30. The van der Waals surface area contributed by atoms with Crippen molar-refractivity contribution < 1.29 is 13.9 Å². The first-order valence-electron chi connectivity index (χ1n) is 8.96. The van der Waals surface area contributed by atoms with Gasteiger partial charge in [0, 0.05) is 6.42 Å². The van der Waals surface area contributed by atoms with E-state index in [-0.39, 0.29) is 6.10 Å². The predicted molar refractivity (Wildman–Crippen MR) is 99.2 cm³/mol. The predicted octanol–water partition coefficient (Wildman–Crippen LogP) is 5.32. The van der Waals surface area contributed by atoms with Crippen molar-refractivity contribution in [1.82, 2.24) is 0 Å². The van der Waals surface area contributed by atoms with Crippen molar-refractivity contribution in [1.29, 1.82) is 0 Å². The molecule has 4 heteroatoms. The molecule has 1 aromatic rings. The average molecular weight is 339 g/mol. The lowest BCUT2D eigenvalue weighted by Crippen LogP contribution is -2.49. The van der Waals surface area contributed by atoms with Gasteiger partial charge in [-0.3, -0.25) is 0 Å². The first-order valence-corrected chi connectivity index (χ1v) is 11.5. The van der Waals surface area contributed by atoms with Crippen molar-refractivity contribution in [3.63, 3.8) is 0 Å². The standard InChI is InChI=1S/C19H34O3Si/c1-6-10-13-18(22-23(7-2,8-3)9-4)19(5,20)15-14-17-12-11-16-21-17/h6,11-12,16,18,20H,1,7-10,13-15H2,2-5H3/t18-,19+/m1/s1. The molecule has 3 nitrogen and oxygen atoms in total. The molecule has 0 bridgehead atoms. The van der Waals surface area contributed by atoms with E-state index < -0.39 is 13.9 Å². The van der Waals surface area contributed by atoms with Gasteiger partial charge in [0.2, 0.25) is 0 Å². The lowest BCUT2D eigenvalue weighted by Gasteiger charge is -2.40. The first-order chi connectivity index (χ1) is 10.9. The van der Waals surface area contributed by atoms with Crippen LogP contribution in [0.25, 0.3) is 0 Å². The number of furan rings is 1. The summed E-state index contributed by atoms with van der Waals surface area (Å²) in [7, 11) is -1.75. The Morgan fingerprint density at radius 1 is 1.35 bits per heavy atom. The fraction of sp³-hybridized carbons (Fsp3) is 0.684. The van der Waals surface area contributed by atoms with Crippen LogP contribution in [0.3, 0.4) is 0 Å². The fourth-order valence-corrected chi connectivity index (χ4v) is 6.04. The van der Waals surface area contributed by atoms with Crippen LogP contribution in [-0.2, 0) is 10.8 Å². The van der Waals surface area contributed by atoms with Gasteiger partial charge in [-0.1, -0.05) is 26.8 Å². The van der Waals surface area contributed by atoms with Gasteiger partial charge in [0.1, 0.15) is 5.76 Å². The van der Waals surface area contributed by atoms with Crippen LogP contribution in [0, 0.1) is 0 Å². The van der Waals surface area contributed by atoms with Crippen LogP contribution >= 0.6 is 0 Å². The molecule has 1 aromatic heterocycles. The van der Waals surface area contributed by atoms with Crippen LogP contribution in [-0.4, -0.2) is 25.1 Å². The highest BCUT2D eigenvalue weighted by Gasteiger charge is 2.39.